The van der Waals surface area contributed by atoms with Crippen LogP contribution in [0.1, 0.15) is 30.5 Å². The van der Waals surface area contributed by atoms with Crippen molar-refractivity contribution in [1.29, 1.82) is 0 Å². The van der Waals surface area contributed by atoms with Crippen LogP contribution in [0, 0.1) is 0 Å². The van der Waals surface area contributed by atoms with Crippen LogP contribution in [0.5, 0.6) is 5.75 Å². The van der Waals surface area contributed by atoms with Gasteiger partial charge in [-0.2, -0.15) is 12.6 Å². The maximum absolute atomic E-state index is 5.47. The van der Waals surface area contributed by atoms with Crippen molar-refractivity contribution in [3.05, 3.63) is 29.3 Å². The highest BCUT2D eigenvalue weighted by molar-refractivity contribution is 7.80. The third kappa shape index (κ3) is 3.65. The van der Waals surface area contributed by atoms with Crippen LogP contribution in [-0.4, -0.2) is 31.9 Å². The van der Waals surface area contributed by atoms with Gasteiger partial charge in [-0.3, -0.25) is 0 Å². The van der Waals surface area contributed by atoms with E-state index in [2.05, 4.69) is 56.7 Å². The van der Waals surface area contributed by atoms with Crippen molar-refractivity contribution in [1.82, 2.24) is 4.90 Å². The van der Waals surface area contributed by atoms with Crippen LogP contribution in [0.3, 0.4) is 0 Å². The number of hydrogen-bond acceptors (Lipinski definition) is 3. The molecule has 17 heavy (non-hydrogen) atoms. The third-order valence-corrected chi connectivity index (χ3v) is 3.35. The van der Waals surface area contributed by atoms with Crippen molar-refractivity contribution in [2.75, 3.05) is 27.0 Å². The zero-order chi connectivity index (χ0) is 12.8. The van der Waals surface area contributed by atoms with Crippen LogP contribution in [0.25, 0.3) is 0 Å². The molecule has 0 N–H and O–H groups in total. The van der Waals surface area contributed by atoms with Crippen molar-refractivity contribution < 1.29 is 4.74 Å². The smallest absolute Gasteiger partial charge is 0.123 e. The number of methoxy groups -OCH3 is 1. The number of aryl methyl sites for hydroxylation is 1. The fourth-order valence-electron chi connectivity index (χ4n) is 2.08. The van der Waals surface area contributed by atoms with E-state index in [4.69, 9.17) is 4.74 Å². The molecule has 0 saturated carbocycles. The molecule has 0 heterocycles. The van der Waals surface area contributed by atoms with Gasteiger partial charge in [0.1, 0.15) is 5.75 Å². The molecule has 1 atom stereocenters. The van der Waals surface area contributed by atoms with Crippen LogP contribution in [0.15, 0.2) is 18.2 Å². The van der Waals surface area contributed by atoms with E-state index >= 15 is 0 Å². The van der Waals surface area contributed by atoms with Crippen LogP contribution >= 0.6 is 12.6 Å². The van der Waals surface area contributed by atoms with Crippen molar-refractivity contribution in [3.8, 4) is 5.75 Å². The molecule has 1 unspecified atom stereocenters. The first kappa shape index (κ1) is 14.4. The maximum atomic E-state index is 5.47. The first-order chi connectivity index (χ1) is 8.13. The number of thiol groups is 1. The maximum Gasteiger partial charge on any atom is 0.123 e. The van der Waals surface area contributed by atoms with Gasteiger partial charge >= 0.3 is 0 Å². The summed E-state index contributed by atoms with van der Waals surface area (Å²) >= 11 is 4.35. The fourth-order valence-corrected chi connectivity index (χ4v) is 2.32. The topological polar surface area (TPSA) is 12.5 Å². The number of benzene rings is 1. The molecule has 1 aromatic rings. The molecule has 0 fully saturated rings. The molecule has 1 aromatic carbocycles. The second-order valence-corrected chi connectivity index (χ2v) is 4.87. The molecule has 0 spiro atoms. The van der Waals surface area contributed by atoms with E-state index in [0.717, 1.165) is 24.3 Å². The third-order valence-electron chi connectivity index (χ3n) is 3.09. The average Bonchev–Trinajstić information content (AvgIpc) is 2.34. The van der Waals surface area contributed by atoms with Gasteiger partial charge in [-0.1, -0.05) is 19.1 Å². The van der Waals surface area contributed by atoms with Crippen molar-refractivity contribution in [2.24, 2.45) is 0 Å². The predicted octanol–water partition coefficient (Wildman–Crippen LogP) is 3.18. The van der Waals surface area contributed by atoms with E-state index in [0.29, 0.717) is 6.04 Å². The summed E-state index contributed by atoms with van der Waals surface area (Å²) < 4.78 is 5.47. The Morgan fingerprint density at radius 2 is 2.06 bits per heavy atom. The van der Waals surface area contributed by atoms with Gasteiger partial charge in [0.05, 0.1) is 7.11 Å². The lowest BCUT2D eigenvalue weighted by Crippen LogP contribution is -2.21. The molecule has 3 heteroatoms. The van der Waals surface area contributed by atoms with E-state index in [9.17, 15) is 0 Å². The normalized spacial score (nSPS) is 12.8. The minimum atomic E-state index is 0.369. The summed E-state index contributed by atoms with van der Waals surface area (Å²) in [4.78, 5) is 2.23. The summed E-state index contributed by atoms with van der Waals surface area (Å²) in [5, 5.41) is 0. The fraction of sp³-hybridized carbons (Fsp3) is 0.571. The molecule has 96 valence electrons. The van der Waals surface area contributed by atoms with E-state index < -0.39 is 0 Å². The van der Waals surface area contributed by atoms with E-state index in [1.165, 1.54) is 11.1 Å². The van der Waals surface area contributed by atoms with Gasteiger partial charge in [-0.15, -0.1) is 0 Å². The van der Waals surface area contributed by atoms with Crippen molar-refractivity contribution >= 4 is 12.6 Å². The molecule has 0 aliphatic rings. The average molecular weight is 253 g/mol. The van der Waals surface area contributed by atoms with Crippen molar-refractivity contribution in [2.45, 2.75) is 25.8 Å². The Bertz CT molecular complexity index is 352. The van der Waals surface area contributed by atoms with Gasteiger partial charge in [0.15, 0.2) is 0 Å². The Balaban J connectivity index is 3.13. The Hall–Kier alpha value is -0.670. The molecular weight excluding hydrogens is 230 g/mol. The molecule has 2 nitrogen and oxygen atoms in total. The summed E-state index contributed by atoms with van der Waals surface area (Å²) in [5.74, 6) is 1.85. The van der Waals surface area contributed by atoms with Crippen molar-refractivity contribution in [3.63, 3.8) is 0 Å². The van der Waals surface area contributed by atoms with Gasteiger partial charge in [0, 0.05) is 11.6 Å². The van der Waals surface area contributed by atoms with E-state index in [-0.39, 0.29) is 0 Å². The van der Waals surface area contributed by atoms with Crippen LogP contribution in [-0.2, 0) is 6.42 Å². The molecular formula is C14H23NOS. The van der Waals surface area contributed by atoms with Gasteiger partial charge in [0.25, 0.3) is 0 Å². The largest absolute Gasteiger partial charge is 0.496 e. The lowest BCUT2D eigenvalue weighted by molar-refractivity contribution is 0.283. The lowest BCUT2D eigenvalue weighted by atomic mass is 9.99. The predicted molar refractivity (Wildman–Crippen MR) is 77.3 cm³/mol. The molecule has 0 aromatic heterocycles. The number of ether oxygens (including phenoxy) is 1. The standard InChI is InChI=1S/C14H23NOS/c1-5-11-6-7-14(16-4)12(10-11)13(8-9-17)15(2)3/h6-7,10,13,17H,5,8-9H2,1-4H3. The highest BCUT2D eigenvalue weighted by Gasteiger charge is 2.17. The minimum absolute atomic E-state index is 0.369. The number of hydrogen-bond donors (Lipinski definition) is 1. The Kier molecular flexibility index (Phi) is 5.86. The first-order valence-electron chi connectivity index (χ1n) is 6.08. The second kappa shape index (κ2) is 6.92. The minimum Gasteiger partial charge on any atom is -0.496 e. The SMILES string of the molecule is CCc1ccc(OC)c(C(CCS)N(C)C)c1. The molecule has 0 aliphatic carbocycles. The Labute approximate surface area is 110 Å². The van der Waals surface area contributed by atoms with Crippen LogP contribution in [0.4, 0.5) is 0 Å². The van der Waals surface area contributed by atoms with Gasteiger partial charge in [0.2, 0.25) is 0 Å². The lowest BCUT2D eigenvalue weighted by Gasteiger charge is -2.26. The van der Waals surface area contributed by atoms with Crippen LogP contribution < -0.4 is 4.74 Å². The summed E-state index contributed by atoms with van der Waals surface area (Å²) in [6, 6.07) is 6.83. The number of rotatable bonds is 6. The van der Waals surface area contributed by atoms with E-state index in [1.54, 1.807) is 7.11 Å². The zero-order valence-electron chi connectivity index (χ0n) is 11.2. The summed E-state index contributed by atoms with van der Waals surface area (Å²) in [6.45, 7) is 2.18. The van der Waals surface area contributed by atoms with Gasteiger partial charge in [-0.25, -0.2) is 0 Å². The summed E-state index contributed by atoms with van der Waals surface area (Å²) in [6.07, 6.45) is 2.08. The quantitative estimate of drug-likeness (QED) is 0.782. The molecule has 0 bridgehead atoms. The summed E-state index contributed by atoms with van der Waals surface area (Å²) in [5.41, 5.74) is 2.62. The highest BCUT2D eigenvalue weighted by Crippen LogP contribution is 2.31. The molecule has 0 aliphatic heterocycles. The first-order valence-corrected chi connectivity index (χ1v) is 6.71. The molecule has 0 radical (unpaired) electrons. The molecule has 1 rings (SSSR count). The zero-order valence-corrected chi connectivity index (χ0v) is 12.1. The molecule has 0 amide bonds. The van der Waals surface area contributed by atoms with Gasteiger partial charge < -0.3 is 9.64 Å². The molecule has 0 saturated heterocycles. The monoisotopic (exact) mass is 253 g/mol. The van der Waals surface area contributed by atoms with E-state index in [1.807, 2.05) is 0 Å². The van der Waals surface area contributed by atoms with Gasteiger partial charge in [-0.05, 0) is 44.3 Å². The number of nitrogens with zero attached hydrogens (tertiary/aromatic N) is 1. The van der Waals surface area contributed by atoms with Crippen LogP contribution in [0.2, 0.25) is 0 Å². The summed E-state index contributed by atoms with van der Waals surface area (Å²) in [7, 11) is 5.94. The Morgan fingerprint density at radius 1 is 1.35 bits per heavy atom. The second-order valence-electron chi connectivity index (χ2n) is 4.42. The Morgan fingerprint density at radius 3 is 2.53 bits per heavy atom. The highest BCUT2D eigenvalue weighted by atomic mass is 32.1.